The number of carbonyl (C=O) groups is 1. The van der Waals surface area contributed by atoms with Crippen LogP contribution in [0.4, 0.5) is 5.69 Å². The minimum Gasteiger partial charge on any atom is -0.346 e. The largest absolute Gasteiger partial charge is 0.346 e. The molecular formula is C28H34N2O3S. The molecule has 2 N–H and O–H groups in total. The van der Waals surface area contributed by atoms with Crippen molar-refractivity contribution in [3.8, 4) is 0 Å². The molecule has 0 radical (unpaired) electrons. The van der Waals surface area contributed by atoms with Crippen molar-refractivity contribution in [2.75, 3.05) is 4.72 Å². The Balaban J connectivity index is 1.82. The first-order valence-electron chi connectivity index (χ1n) is 11.4. The average molecular weight is 479 g/mol. The first-order chi connectivity index (χ1) is 15.8. The number of rotatable bonds is 6. The molecular weight excluding hydrogens is 444 g/mol. The average Bonchev–Trinajstić information content (AvgIpc) is 2.76. The monoisotopic (exact) mass is 478 g/mol. The molecule has 0 saturated heterocycles. The summed E-state index contributed by atoms with van der Waals surface area (Å²) >= 11 is 0. The highest BCUT2D eigenvalue weighted by atomic mass is 32.2. The van der Waals surface area contributed by atoms with Crippen molar-refractivity contribution >= 4 is 21.6 Å². The van der Waals surface area contributed by atoms with Crippen LogP contribution in [0.5, 0.6) is 0 Å². The van der Waals surface area contributed by atoms with Gasteiger partial charge in [0.05, 0.1) is 16.6 Å². The molecule has 0 aromatic heterocycles. The van der Waals surface area contributed by atoms with Gasteiger partial charge in [0.2, 0.25) is 0 Å². The zero-order valence-electron chi connectivity index (χ0n) is 21.0. The highest BCUT2D eigenvalue weighted by molar-refractivity contribution is 7.92. The van der Waals surface area contributed by atoms with Gasteiger partial charge in [-0.05, 0) is 79.1 Å². The molecule has 0 aliphatic carbocycles. The molecule has 3 aromatic rings. The summed E-state index contributed by atoms with van der Waals surface area (Å²) in [4.78, 5) is 13.1. The Morgan fingerprint density at radius 3 is 2.15 bits per heavy atom. The molecule has 0 heterocycles. The Kier molecular flexibility index (Phi) is 7.22. The van der Waals surface area contributed by atoms with Crippen LogP contribution in [0, 0.1) is 20.8 Å². The highest BCUT2D eigenvalue weighted by Gasteiger charge is 2.21. The van der Waals surface area contributed by atoms with Crippen LogP contribution < -0.4 is 10.0 Å². The number of anilines is 1. The van der Waals surface area contributed by atoms with Gasteiger partial charge >= 0.3 is 0 Å². The first kappa shape index (κ1) is 25.5. The minimum absolute atomic E-state index is 0.0554. The zero-order chi connectivity index (χ0) is 25.3. The van der Waals surface area contributed by atoms with Crippen LogP contribution >= 0.6 is 0 Å². The molecule has 3 aromatic carbocycles. The quantitative estimate of drug-likeness (QED) is 0.443. The Bertz CT molecular complexity index is 1300. The van der Waals surface area contributed by atoms with Crippen molar-refractivity contribution in [3.63, 3.8) is 0 Å². The number of nitrogens with one attached hydrogen (secondary N) is 2. The minimum atomic E-state index is -3.87. The van der Waals surface area contributed by atoms with Crippen molar-refractivity contribution < 1.29 is 13.2 Å². The number of benzene rings is 3. The molecule has 0 aliphatic rings. The summed E-state index contributed by atoms with van der Waals surface area (Å²) in [6, 6.07) is 18.2. The van der Waals surface area contributed by atoms with E-state index in [4.69, 9.17) is 0 Å². The zero-order valence-corrected chi connectivity index (χ0v) is 21.8. The van der Waals surface area contributed by atoms with Crippen molar-refractivity contribution in [2.45, 2.75) is 64.8 Å². The Morgan fingerprint density at radius 1 is 0.882 bits per heavy atom. The maximum Gasteiger partial charge on any atom is 0.262 e. The van der Waals surface area contributed by atoms with Crippen molar-refractivity contribution in [3.05, 3.63) is 94.0 Å². The Morgan fingerprint density at radius 2 is 1.53 bits per heavy atom. The fraction of sp³-hybridized carbons (Fsp3) is 0.321. The topological polar surface area (TPSA) is 75.3 Å². The smallest absolute Gasteiger partial charge is 0.262 e. The molecule has 3 rings (SSSR count). The lowest BCUT2D eigenvalue weighted by molar-refractivity contribution is 0.0939. The van der Waals surface area contributed by atoms with E-state index in [2.05, 4.69) is 42.9 Å². The molecule has 0 aliphatic heterocycles. The van der Waals surface area contributed by atoms with Gasteiger partial charge in [0, 0.05) is 5.56 Å². The van der Waals surface area contributed by atoms with Gasteiger partial charge in [0.25, 0.3) is 15.9 Å². The molecule has 0 unspecified atom stereocenters. The van der Waals surface area contributed by atoms with Gasteiger partial charge in [0.1, 0.15) is 0 Å². The van der Waals surface area contributed by atoms with Crippen LogP contribution in [-0.4, -0.2) is 14.3 Å². The third-order valence-corrected chi connectivity index (χ3v) is 7.72. The van der Waals surface area contributed by atoms with E-state index < -0.39 is 10.0 Å². The molecule has 0 saturated carbocycles. The van der Waals surface area contributed by atoms with Crippen LogP contribution in [-0.2, 0) is 15.4 Å². The summed E-state index contributed by atoms with van der Waals surface area (Å²) in [5.41, 5.74) is 5.52. The first-order valence-corrected chi connectivity index (χ1v) is 12.9. The summed E-state index contributed by atoms with van der Waals surface area (Å²) < 4.78 is 29.0. The number of amides is 1. The second-order valence-corrected chi connectivity index (χ2v) is 11.6. The van der Waals surface area contributed by atoms with Crippen LogP contribution in [0.25, 0.3) is 0 Å². The van der Waals surface area contributed by atoms with E-state index in [1.54, 1.807) is 25.1 Å². The van der Waals surface area contributed by atoms with Crippen molar-refractivity contribution in [1.29, 1.82) is 0 Å². The van der Waals surface area contributed by atoms with Crippen LogP contribution in [0.3, 0.4) is 0 Å². The number of carbonyl (C=O) groups excluding carboxylic acids is 1. The summed E-state index contributed by atoms with van der Waals surface area (Å²) in [5, 5.41) is 2.98. The van der Waals surface area contributed by atoms with Gasteiger partial charge in [0.15, 0.2) is 0 Å². The molecule has 1 amide bonds. The number of aryl methyl sites for hydroxylation is 2. The van der Waals surface area contributed by atoms with E-state index >= 15 is 0 Å². The second kappa shape index (κ2) is 9.63. The van der Waals surface area contributed by atoms with E-state index in [0.717, 1.165) is 16.7 Å². The predicted octanol–water partition coefficient (Wildman–Crippen LogP) is 6.20. The van der Waals surface area contributed by atoms with E-state index in [-0.39, 0.29) is 22.3 Å². The Hall–Kier alpha value is -3.12. The summed E-state index contributed by atoms with van der Waals surface area (Å²) in [6.07, 6.45) is 0. The summed E-state index contributed by atoms with van der Waals surface area (Å²) in [5.74, 6) is -0.324. The molecule has 34 heavy (non-hydrogen) atoms. The van der Waals surface area contributed by atoms with Crippen LogP contribution in [0.15, 0.2) is 65.6 Å². The SMILES string of the molecule is Cc1ccc(C(=O)N[C@@H](C)c2ccc(C(C)(C)C)cc2)cc1S(=O)(=O)Nc1cccc(C)c1C. The lowest BCUT2D eigenvalue weighted by atomic mass is 9.86. The fourth-order valence-electron chi connectivity index (χ4n) is 3.73. The highest BCUT2D eigenvalue weighted by Crippen LogP contribution is 2.26. The third-order valence-electron chi connectivity index (χ3n) is 6.21. The molecule has 1 atom stereocenters. The predicted molar refractivity (Wildman–Crippen MR) is 139 cm³/mol. The van der Waals surface area contributed by atoms with Gasteiger partial charge < -0.3 is 5.32 Å². The maximum atomic E-state index is 13.2. The van der Waals surface area contributed by atoms with Gasteiger partial charge in [-0.2, -0.15) is 0 Å². The maximum absolute atomic E-state index is 13.2. The second-order valence-electron chi connectivity index (χ2n) is 9.90. The van der Waals surface area contributed by atoms with Crippen LogP contribution in [0.1, 0.15) is 71.9 Å². The van der Waals surface area contributed by atoms with Crippen molar-refractivity contribution in [1.82, 2.24) is 5.32 Å². The van der Waals surface area contributed by atoms with Gasteiger partial charge in [-0.25, -0.2) is 8.42 Å². The van der Waals surface area contributed by atoms with Gasteiger partial charge in [-0.3, -0.25) is 9.52 Å². The third kappa shape index (κ3) is 5.68. The summed E-state index contributed by atoms with van der Waals surface area (Å²) in [6.45, 7) is 13.9. The molecule has 6 heteroatoms. The van der Waals surface area contributed by atoms with E-state index in [1.807, 2.05) is 45.0 Å². The number of hydrogen-bond donors (Lipinski definition) is 2. The normalized spacial score (nSPS) is 12.8. The lowest BCUT2D eigenvalue weighted by Crippen LogP contribution is -2.27. The standard InChI is InChI=1S/C28H34N2O3S/c1-18-9-8-10-25(20(18)3)30-34(32,33)26-17-23(12-11-19(26)2)27(31)29-21(4)22-13-15-24(16-14-22)28(5,6)7/h8-17,21,30H,1-7H3,(H,29,31)/t21-/m0/s1. The molecule has 0 fully saturated rings. The van der Waals surface area contributed by atoms with Crippen LogP contribution in [0.2, 0.25) is 0 Å². The molecule has 5 nitrogen and oxygen atoms in total. The van der Waals surface area contributed by atoms with E-state index in [1.165, 1.54) is 11.6 Å². The molecule has 0 spiro atoms. The summed E-state index contributed by atoms with van der Waals surface area (Å²) in [7, 11) is -3.87. The number of sulfonamides is 1. The molecule has 180 valence electrons. The lowest BCUT2D eigenvalue weighted by Gasteiger charge is -2.21. The fourth-order valence-corrected chi connectivity index (χ4v) is 5.12. The molecule has 0 bridgehead atoms. The van der Waals surface area contributed by atoms with Gasteiger partial charge in [-0.1, -0.05) is 63.2 Å². The van der Waals surface area contributed by atoms with E-state index in [0.29, 0.717) is 16.8 Å². The Labute approximate surface area is 203 Å². The van der Waals surface area contributed by atoms with E-state index in [9.17, 15) is 13.2 Å². The number of hydrogen-bond acceptors (Lipinski definition) is 3. The van der Waals surface area contributed by atoms with Crippen molar-refractivity contribution in [2.24, 2.45) is 0 Å². The van der Waals surface area contributed by atoms with Gasteiger partial charge in [-0.15, -0.1) is 0 Å².